The van der Waals surface area contributed by atoms with Crippen LogP contribution in [0.25, 0.3) is 0 Å². The van der Waals surface area contributed by atoms with Gasteiger partial charge in [0.25, 0.3) is 5.24 Å². The Kier molecular flexibility index (Phi) is 7.80. The summed E-state index contributed by atoms with van der Waals surface area (Å²) < 4.78 is 78.8. The number of alkyl halides is 6. The largest absolute Gasteiger partial charge is 0.416 e. The highest BCUT2D eigenvalue weighted by Crippen LogP contribution is 2.38. The highest BCUT2D eigenvalue weighted by atomic mass is 32.2. The number of aliphatic imine (C=N–C) groups is 1. The van der Waals surface area contributed by atoms with Crippen molar-refractivity contribution in [2.75, 3.05) is 19.6 Å². The molecule has 0 atom stereocenters. The maximum absolute atomic E-state index is 13.4. The molecular weight excluding hydrogens is 468 g/mol. The first kappa shape index (κ1) is 25.2. The van der Waals surface area contributed by atoms with Crippen LogP contribution >= 0.6 is 11.8 Å². The third kappa shape index (κ3) is 6.77. The lowest BCUT2D eigenvalue weighted by Crippen LogP contribution is -2.33. The molecule has 2 aliphatic rings. The Morgan fingerprint density at radius 3 is 2.48 bits per heavy atom. The molecule has 0 saturated carbocycles. The molecular formula is C22H21F6N3OS. The van der Waals surface area contributed by atoms with E-state index in [9.17, 15) is 31.1 Å². The third-order valence-electron chi connectivity index (χ3n) is 5.31. The number of likely N-dealkylation sites (tertiary alicyclic amines) is 1. The van der Waals surface area contributed by atoms with Crippen molar-refractivity contribution in [3.63, 3.8) is 0 Å². The number of carbonyl (C=O) groups excluding carboxylic acids is 1. The molecule has 1 aromatic carbocycles. The van der Waals surface area contributed by atoms with Crippen molar-refractivity contribution in [2.45, 2.75) is 38.7 Å². The molecule has 2 aliphatic heterocycles. The van der Waals surface area contributed by atoms with Gasteiger partial charge in [0.05, 0.1) is 16.0 Å². The minimum absolute atomic E-state index is 0.0898. The molecule has 3 rings (SSSR count). The van der Waals surface area contributed by atoms with Gasteiger partial charge >= 0.3 is 12.4 Å². The van der Waals surface area contributed by atoms with Crippen molar-refractivity contribution < 1.29 is 31.1 Å². The lowest BCUT2D eigenvalue weighted by molar-refractivity contribution is -0.143. The fourth-order valence-corrected chi connectivity index (χ4v) is 4.47. The lowest BCUT2D eigenvalue weighted by Gasteiger charge is -2.31. The lowest BCUT2D eigenvalue weighted by atomic mass is 9.95. The number of rotatable bonds is 4. The van der Waals surface area contributed by atoms with E-state index in [1.54, 1.807) is 11.8 Å². The summed E-state index contributed by atoms with van der Waals surface area (Å²) in [5.41, 5.74) is -2.76. The molecule has 0 radical (unpaired) electrons. The molecule has 0 aliphatic carbocycles. The number of halogens is 6. The summed E-state index contributed by atoms with van der Waals surface area (Å²) in [7, 11) is 0. The molecule has 0 aromatic heterocycles. The van der Waals surface area contributed by atoms with E-state index < -0.39 is 23.5 Å². The minimum Gasteiger partial charge on any atom is -0.300 e. The fraction of sp³-hybridized carbons (Fsp3) is 0.455. The molecule has 1 N–H and O–H groups in total. The van der Waals surface area contributed by atoms with Crippen LogP contribution < -0.4 is 5.32 Å². The maximum atomic E-state index is 13.4. The first-order chi connectivity index (χ1) is 15.5. The maximum Gasteiger partial charge on any atom is 0.416 e. The number of thioether (sulfide) groups is 1. The first-order valence-electron chi connectivity index (χ1n) is 10.1. The van der Waals surface area contributed by atoms with E-state index in [1.165, 1.54) is 0 Å². The van der Waals surface area contributed by atoms with Crippen molar-refractivity contribution in [1.82, 2.24) is 10.2 Å². The summed E-state index contributed by atoms with van der Waals surface area (Å²) in [6, 6.07) is 1.78. The SMILES string of the molecule is CC#CCN=C1NC(=O)SC1=CC1CCN(Cc2ccc(C(F)(F)F)cc2C(F)(F)F)CC1. The van der Waals surface area contributed by atoms with Crippen LogP contribution in [0.5, 0.6) is 0 Å². The number of hydrogen-bond acceptors (Lipinski definition) is 4. The van der Waals surface area contributed by atoms with Gasteiger partial charge in [0.1, 0.15) is 12.4 Å². The number of amidine groups is 1. The van der Waals surface area contributed by atoms with E-state index in [-0.39, 0.29) is 35.9 Å². The summed E-state index contributed by atoms with van der Waals surface area (Å²) in [5.74, 6) is 6.09. The van der Waals surface area contributed by atoms with Crippen molar-refractivity contribution in [2.24, 2.45) is 10.9 Å². The average Bonchev–Trinajstić information content (AvgIpc) is 3.07. The quantitative estimate of drug-likeness (QED) is 0.436. The number of hydrogen-bond donors (Lipinski definition) is 1. The number of carbonyl (C=O) groups is 1. The molecule has 178 valence electrons. The highest BCUT2D eigenvalue weighted by Gasteiger charge is 2.38. The van der Waals surface area contributed by atoms with Crippen LogP contribution in [0.4, 0.5) is 31.1 Å². The minimum atomic E-state index is -4.88. The van der Waals surface area contributed by atoms with Gasteiger partial charge in [0.2, 0.25) is 0 Å². The standard InChI is InChI=1S/C22H21F6N3OS/c1-2-3-8-29-19-18(33-20(32)30-19)11-14-6-9-31(10-7-14)13-15-4-5-16(21(23,24)25)12-17(15)22(26,27)28/h4-5,11-12,14H,6-10,13H2,1H3,(H,29,30,32). The number of nitrogens with zero attached hydrogens (tertiary/aromatic N) is 2. The van der Waals surface area contributed by atoms with Crippen LogP contribution in [0.2, 0.25) is 0 Å². The molecule has 2 fully saturated rings. The van der Waals surface area contributed by atoms with Gasteiger partial charge in [-0.15, -0.1) is 5.92 Å². The zero-order valence-electron chi connectivity index (χ0n) is 17.6. The summed E-state index contributed by atoms with van der Waals surface area (Å²) >= 11 is 1.04. The zero-order valence-corrected chi connectivity index (χ0v) is 18.4. The molecule has 1 aromatic rings. The second-order valence-electron chi connectivity index (χ2n) is 7.62. The summed E-state index contributed by atoms with van der Waals surface area (Å²) in [4.78, 5) is 18.5. The second kappa shape index (κ2) is 10.2. The Bertz CT molecular complexity index is 1010. The summed E-state index contributed by atoms with van der Waals surface area (Å²) in [6.07, 6.45) is -6.50. The van der Waals surface area contributed by atoms with Crippen LogP contribution in [0.3, 0.4) is 0 Å². The van der Waals surface area contributed by atoms with Gasteiger partial charge in [-0.1, -0.05) is 18.1 Å². The van der Waals surface area contributed by atoms with Crippen LogP contribution in [-0.4, -0.2) is 35.6 Å². The Labute approximate surface area is 191 Å². The molecule has 2 heterocycles. The summed E-state index contributed by atoms with van der Waals surface area (Å²) in [5, 5.41) is 2.44. The molecule has 33 heavy (non-hydrogen) atoms. The van der Waals surface area contributed by atoms with Gasteiger partial charge in [-0.25, -0.2) is 0 Å². The highest BCUT2D eigenvalue weighted by molar-refractivity contribution is 8.18. The zero-order chi connectivity index (χ0) is 24.2. The van der Waals surface area contributed by atoms with E-state index in [4.69, 9.17) is 0 Å². The first-order valence-corrected chi connectivity index (χ1v) is 10.9. The molecule has 0 spiro atoms. The van der Waals surface area contributed by atoms with Crippen molar-refractivity contribution in [3.05, 3.63) is 45.9 Å². The van der Waals surface area contributed by atoms with Gasteiger partial charge in [0.15, 0.2) is 0 Å². The van der Waals surface area contributed by atoms with E-state index in [0.29, 0.717) is 42.7 Å². The predicted octanol–water partition coefficient (Wildman–Crippen LogP) is 5.70. The van der Waals surface area contributed by atoms with Crippen molar-refractivity contribution >= 4 is 22.8 Å². The molecule has 4 nitrogen and oxygen atoms in total. The number of benzene rings is 1. The monoisotopic (exact) mass is 489 g/mol. The number of allylic oxidation sites excluding steroid dienone is 1. The van der Waals surface area contributed by atoms with Crippen LogP contribution in [-0.2, 0) is 18.9 Å². The second-order valence-corrected chi connectivity index (χ2v) is 8.63. The van der Waals surface area contributed by atoms with E-state index in [2.05, 4.69) is 22.2 Å². The van der Waals surface area contributed by atoms with Crippen LogP contribution in [0.15, 0.2) is 34.2 Å². The van der Waals surface area contributed by atoms with Crippen molar-refractivity contribution in [1.29, 1.82) is 0 Å². The van der Waals surface area contributed by atoms with E-state index in [0.717, 1.165) is 17.8 Å². The normalized spacial score (nSPS) is 20.8. The Hall–Kier alpha value is -2.45. The van der Waals surface area contributed by atoms with Gasteiger partial charge < -0.3 is 5.32 Å². The molecule has 1 amide bonds. The fourth-order valence-electron chi connectivity index (χ4n) is 3.65. The molecule has 2 saturated heterocycles. The Morgan fingerprint density at radius 2 is 1.88 bits per heavy atom. The summed E-state index contributed by atoms with van der Waals surface area (Å²) in [6.45, 7) is 2.82. The average molecular weight is 489 g/mol. The van der Waals surface area contributed by atoms with Gasteiger partial charge in [-0.2, -0.15) is 26.3 Å². The number of piperidine rings is 1. The van der Waals surface area contributed by atoms with Crippen LogP contribution in [0.1, 0.15) is 36.5 Å². The molecule has 0 bridgehead atoms. The van der Waals surface area contributed by atoms with E-state index in [1.807, 2.05) is 6.08 Å². The smallest absolute Gasteiger partial charge is 0.300 e. The Balaban J connectivity index is 1.67. The third-order valence-corrected chi connectivity index (χ3v) is 6.14. The van der Waals surface area contributed by atoms with Gasteiger partial charge in [-0.05, 0) is 68.2 Å². The topological polar surface area (TPSA) is 44.7 Å². The van der Waals surface area contributed by atoms with Gasteiger partial charge in [0, 0.05) is 6.54 Å². The van der Waals surface area contributed by atoms with E-state index >= 15 is 0 Å². The van der Waals surface area contributed by atoms with Gasteiger partial charge in [-0.3, -0.25) is 14.7 Å². The number of amides is 1. The molecule has 0 unspecified atom stereocenters. The number of nitrogens with one attached hydrogen (secondary N) is 1. The Morgan fingerprint density at radius 1 is 1.18 bits per heavy atom. The predicted molar refractivity (Wildman–Crippen MR) is 114 cm³/mol. The molecule has 11 heteroatoms. The van der Waals surface area contributed by atoms with Crippen molar-refractivity contribution in [3.8, 4) is 11.8 Å². The van der Waals surface area contributed by atoms with Crippen LogP contribution in [0, 0.1) is 17.8 Å².